The zero-order chi connectivity index (χ0) is 36.7. The highest BCUT2D eigenvalue weighted by molar-refractivity contribution is 6.21. The van der Waals surface area contributed by atoms with Gasteiger partial charge in [-0.3, -0.25) is 0 Å². The molecule has 0 atom stereocenters. The molecule has 0 aliphatic rings. The van der Waals surface area contributed by atoms with Gasteiger partial charge in [-0.25, -0.2) is 15.0 Å². The molecule has 0 radical (unpaired) electrons. The average Bonchev–Trinajstić information content (AvgIpc) is 3.66. The highest BCUT2D eigenvalue weighted by Gasteiger charge is 2.19. The molecule has 0 fully saturated rings. The van der Waals surface area contributed by atoms with E-state index in [1.807, 2.05) is 84.9 Å². The predicted molar refractivity (Wildman–Crippen MR) is 222 cm³/mol. The number of hydrogen-bond donors (Lipinski definition) is 0. The van der Waals surface area contributed by atoms with E-state index in [0.717, 1.165) is 77.2 Å². The van der Waals surface area contributed by atoms with Crippen molar-refractivity contribution in [3.8, 4) is 73.6 Å². The van der Waals surface area contributed by atoms with Crippen LogP contribution in [0.4, 0.5) is 0 Å². The lowest BCUT2D eigenvalue weighted by Gasteiger charge is -2.10. The SMILES string of the molecule is N#Cc1cccc(-c2cccc(-c3nc(-c4ccccc4)nc(-c4ccc5c(c4)oc4c6ccccc6cc(-c6cccc(-c7ccccc7)c6)c54)n3)c2)c1. The molecular formula is C50H30N4O. The first-order chi connectivity index (χ1) is 27.2. The zero-order valence-corrected chi connectivity index (χ0v) is 29.5. The van der Waals surface area contributed by atoms with Crippen LogP contribution >= 0.6 is 0 Å². The normalized spacial score (nSPS) is 11.3. The molecule has 0 N–H and O–H groups in total. The van der Waals surface area contributed by atoms with Gasteiger partial charge in [0, 0.05) is 32.8 Å². The van der Waals surface area contributed by atoms with E-state index < -0.39 is 0 Å². The van der Waals surface area contributed by atoms with Gasteiger partial charge in [-0.05, 0) is 81.2 Å². The Labute approximate surface area is 317 Å². The van der Waals surface area contributed by atoms with Gasteiger partial charge in [0.25, 0.3) is 0 Å². The third-order valence-corrected chi connectivity index (χ3v) is 10.1. The van der Waals surface area contributed by atoms with Crippen molar-refractivity contribution in [1.82, 2.24) is 15.0 Å². The average molecular weight is 703 g/mol. The number of fused-ring (bicyclic) bond motifs is 5. The third-order valence-electron chi connectivity index (χ3n) is 10.1. The zero-order valence-electron chi connectivity index (χ0n) is 29.5. The number of nitrogens with zero attached hydrogens (tertiary/aromatic N) is 4. The summed E-state index contributed by atoms with van der Waals surface area (Å²) < 4.78 is 6.82. The van der Waals surface area contributed by atoms with Crippen LogP contribution in [-0.4, -0.2) is 15.0 Å². The quantitative estimate of drug-likeness (QED) is 0.172. The standard InChI is InChI=1S/C50H30N4O/c51-31-32-12-9-18-35(26-32)37-20-11-22-40(28-37)49-52-48(34-15-5-2-6-16-34)53-50(54-49)41-24-25-43-45(30-41)55-47-42-23-8-7-17-39(42)29-44(46(43)47)38-21-10-19-36(27-38)33-13-3-1-4-14-33/h1-30H. The summed E-state index contributed by atoms with van der Waals surface area (Å²) >= 11 is 0. The van der Waals surface area contributed by atoms with Crippen molar-refractivity contribution < 1.29 is 4.42 Å². The van der Waals surface area contributed by atoms with Gasteiger partial charge in [0.05, 0.1) is 11.6 Å². The minimum absolute atomic E-state index is 0.545. The largest absolute Gasteiger partial charge is 0.455 e. The van der Waals surface area contributed by atoms with Crippen molar-refractivity contribution in [3.63, 3.8) is 0 Å². The molecule has 0 bridgehead atoms. The van der Waals surface area contributed by atoms with Crippen molar-refractivity contribution in [2.75, 3.05) is 0 Å². The molecule has 256 valence electrons. The number of aromatic nitrogens is 3. The number of furan rings is 1. The molecule has 0 aliphatic heterocycles. The Morgan fingerprint density at radius 3 is 1.69 bits per heavy atom. The van der Waals surface area contributed by atoms with Gasteiger partial charge in [0.15, 0.2) is 17.5 Å². The van der Waals surface area contributed by atoms with E-state index in [-0.39, 0.29) is 0 Å². The summed E-state index contributed by atoms with van der Waals surface area (Å²) in [6.45, 7) is 0. The molecule has 0 aliphatic carbocycles. The van der Waals surface area contributed by atoms with Crippen LogP contribution in [0.5, 0.6) is 0 Å². The fourth-order valence-corrected chi connectivity index (χ4v) is 7.43. The van der Waals surface area contributed by atoms with Gasteiger partial charge in [0.1, 0.15) is 11.2 Å². The molecule has 10 rings (SSSR count). The molecule has 10 aromatic rings. The summed E-state index contributed by atoms with van der Waals surface area (Å²) in [5.41, 5.74) is 11.3. The summed E-state index contributed by atoms with van der Waals surface area (Å²) in [4.78, 5) is 15.1. The van der Waals surface area contributed by atoms with Crippen LogP contribution in [0.3, 0.4) is 0 Å². The van der Waals surface area contributed by atoms with Crippen LogP contribution in [0, 0.1) is 11.3 Å². The number of benzene rings is 8. The van der Waals surface area contributed by atoms with Gasteiger partial charge in [0.2, 0.25) is 0 Å². The molecule has 5 heteroatoms. The molecule has 8 aromatic carbocycles. The van der Waals surface area contributed by atoms with Crippen molar-refractivity contribution in [2.24, 2.45) is 0 Å². The lowest BCUT2D eigenvalue weighted by Crippen LogP contribution is -2.00. The Kier molecular flexibility index (Phi) is 7.79. The summed E-state index contributed by atoms with van der Waals surface area (Å²) in [6, 6.07) is 64.0. The van der Waals surface area contributed by atoms with Gasteiger partial charge < -0.3 is 4.42 Å². The Morgan fingerprint density at radius 2 is 0.945 bits per heavy atom. The molecule has 55 heavy (non-hydrogen) atoms. The fraction of sp³-hybridized carbons (Fsp3) is 0. The van der Waals surface area contributed by atoms with E-state index in [1.165, 1.54) is 5.56 Å². The maximum Gasteiger partial charge on any atom is 0.164 e. The molecule has 0 spiro atoms. The number of hydrogen-bond acceptors (Lipinski definition) is 5. The van der Waals surface area contributed by atoms with E-state index in [1.54, 1.807) is 0 Å². The number of nitriles is 1. The minimum atomic E-state index is 0.545. The van der Waals surface area contributed by atoms with Crippen molar-refractivity contribution >= 4 is 32.7 Å². The monoisotopic (exact) mass is 702 g/mol. The van der Waals surface area contributed by atoms with Crippen molar-refractivity contribution in [1.29, 1.82) is 5.26 Å². The van der Waals surface area contributed by atoms with E-state index in [0.29, 0.717) is 23.0 Å². The van der Waals surface area contributed by atoms with Gasteiger partial charge in [-0.15, -0.1) is 0 Å². The second-order valence-corrected chi connectivity index (χ2v) is 13.6. The molecule has 0 unspecified atom stereocenters. The van der Waals surface area contributed by atoms with Crippen molar-refractivity contribution in [2.45, 2.75) is 0 Å². The molecule has 5 nitrogen and oxygen atoms in total. The van der Waals surface area contributed by atoms with E-state index >= 15 is 0 Å². The van der Waals surface area contributed by atoms with Crippen LogP contribution in [0.25, 0.3) is 100 Å². The first kappa shape index (κ1) is 32.0. The lowest BCUT2D eigenvalue weighted by atomic mass is 9.93. The highest BCUT2D eigenvalue weighted by Crippen LogP contribution is 2.43. The second-order valence-electron chi connectivity index (χ2n) is 13.6. The summed E-state index contributed by atoms with van der Waals surface area (Å²) in [7, 11) is 0. The summed E-state index contributed by atoms with van der Waals surface area (Å²) in [5, 5.41) is 13.8. The summed E-state index contributed by atoms with van der Waals surface area (Å²) in [5.74, 6) is 1.68. The minimum Gasteiger partial charge on any atom is -0.455 e. The smallest absolute Gasteiger partial charge is 0.164 e. The molecule has 2 heterocycles. The van der Waals surface area contributed by atoms with Crippen LogP contribution in [-0.2, 0) is 0 Å². The molecule has 0 amide bonds. The van der Waals surface area contributed by atoms with Crippen LogP contribution < -0.4 is 0 Å². The maximum atomic E-state index is 9.50. The first-order valence-electron chi connectivity index (χ1n) is 18.2. The van der Waals surface area contributed by atoms with Crippen LogP contribution in [0.1, 0.15) is 5.56 Å². The Bertz CT molecular complexity index is 3110. The van der Waals surface area contributed by atoms with Gasteiger partial charge in [-0.1, -0.05) is 140 Å². The maximum absolute atomic E-state index is 9.50. The van der Waals surface area contributed by atoms with E-state index in [4.69, 9.17) is 19.4 Å². The lowest BCUT2D eigenvalue weighted by molar-refractivity contribution is 0.673. The Morgan fingerprint density at radius 1 is 0.400 bits per heavy atom. The van der Waals surface area contributed by atoms with E-state index in [9.17, 15) is 5.26 Å². The van der Waals surface area contributed by atoms with Gasteiger partial charge >= 0.3 is 0 Å². The highest BCUT2D eigenvalue weighted by atomic mass is 16.3. The number of rotatable bonds is 6. The van der Waals surface area contributed by atoms with Gasteiger partial charge in [-0.2, -0.15) is 5.26 Å². The molecular weight excluding hydrogens is 673 g/mol. The second kappa shape index (κ2) is 13.4. The third kappa shape index (κ3) is 5.89. The first-order valence-corrected chi connectivity index (χ1v) is 18.2. The Balaban J connectivity index is 1.14. The van der Waals surface area contributed by atoms with Crippen molar-refractivity contribution in [3.05, 3.63) is 188 Å². The van der Waals surface area contributed by atoms with E-state index in [2.05, 4.69) is 103 Å². The molecule has 0 saturated heterocycles. The predicted octanol–water partition coefficient (Wildman–Crippen LogP) is 12.8. The topological polar surface area (TPSA) is 75.6 Å². The molecule has 0 saturated carbocycles. The summed E-state index contributed by atoms with van der Waals surface area (Å²) in [6.07, 6.45) is 0. The van der Waals surface area contributed by atoms with Crippen LogP contribution in [0.2, 0.25) is 0 Å². The van der Waals surface area contributed by atoms with Crippen LogP contribution in [0.15, 0.2) is 186 Å². The fourth-order valence-electron chi connectivity index (χ4n) is 7.43. The Hall–Kier alpha value is -7.68. The molecule has 2 aromatic heterocycles.